The Bertz CT molecular complexity index is 1460. The summed E-state index contributed by atoms with van der Waals surface area (Å²) in [5.74, 6) is -0.982. The molecule has 40 heavy (non-hydrogen) atoms. The molecule has 0 bridgehead atoms. The quantitative estimate of drug-likeness (QED) is 0.301. The second kappa shape index (κ2) is 13.3. The number of halogens is 3. The third-order valence-electron chi connectivity index (χ3n) is 5.90. The van der Waals surface area contributed by atoms with Crippen molar-refractivity contribution < 1.29 is 18.0 Å². The third kappa shape index (κ3) is 9.13. The first kappa shape index (κ1) is 31.7. The Morgan fingerprint density at radius 3 is 2.12 bits per heavy atom. The van der Waals surface area contributed by atoms with E-state index in [-0.39, 0.29) is 24.6 Å². The zero-order valence-corrected chi connectivity index (χ0v) is 25.8. The van der Waals surface area contributed by atoms with Crippen molar-refractivity contribution in [3.63, 3.8) is 0 Å². The van der Waals surface area contributed by atoms with Crippen LogP contribution in [0.25, 0.3) is 0 Å². The molecule has 0 saturated carbocycles. The molecule has 3 aromatic carbocycles. The van der Waals surface area contributed by atoms with Gasteiger partial charge in [0.1, 0.15) is 12.6 Å². The number of carbonyl (C=O) groups excluding carboxylic acids is 2. The Hall–Kier alpha value is -2.78. The lowest BCUT2D eigenvalue weighted by Gasteiger charge is -2.35. The van der Waals surface area contributed by atoms with Crippen LogP contribution in [0.2, 0.25) is 15.1 Å². The second-order valence-electron chi connectivity index (χ2n) is 10.5. The Morgan fingerprint density at radius 1 is 0.900 bits per heavy atom. The lowest BCUT2D eigenvalue weighted by Crippen LogP contribution is -2.56. The largest absolute Gasteiger partial charge is 0.350 e. The summed E-state index contributed by atoms with van der Waals surface area (Å²) in [6, 6.07) is 19.4. The van der Waals surface area contributed by atoms with Gasteiger partial charge in [0, 0.05) is 33.6 Å². The minimum atomic E-state index is -3.90. The zero-order valence-electron chi connectivity index (χ0n) is 22.7. The van der Waals surface area contributed by atoms with E-state index >= 15 is 0 Å². The van der Waals surface area contributed by atoms with Gasteiger partial charge in [-0.05, 0) is 62.2 Å². The number of nitrogens with one attached hydrogen (secondary N) is 1. The number of sulfonamides is 1. The first-order chi connectivity index (χ1) is 18.6. The van der Waals surface area contributed by atoms with Gasteiger partial charge in [-0.1, -0.05) is 77.3 Å². The van der Waals surface area contributed by atoms with Crippen molar-refractivity contribution in [2.45, 2.75) is 45.3 Å². The van der Waals surface area contributed by atoms with Gasteiger partial charge >= 0.3 is 0 Å². The molecular weight excluding hydrogens is 593 g/mol. The van der Waals surface area contributed by atoms with Gasteiger partial charge in [-0.15, -0.1) is 0 Å². The molecule has 11 heteroatoms. The smallest absolute Gasteiger partial charge is 0.244 e. The van der Waals surface area contributed by atoms with E-state index < -0.39 is 34.1 Å². The van der Waals surface area contributed by atoms with E-state index in [4.69, 9.17) is 34.8 Å². The van der Waals surface area contributed by atoms with E-state index in [0.717, 1.165) is 16.1 Å². The number of benzene rings is 3. The van der Waals surface area contributed by atoms with Crippen molar-refractivity contribution in [3.05, 3.63) is 99.0 Å². The standard InChI is InChI=1S/C29H32Cl3N3O4S/c1-29(2,3)33-28(37)26(15-20-9-6-5-7-10-20)34(18-21-13-14-23(31)17-25(21)32)27(36)19-35(40(4,38)39)24-12-8-11-22(30)16-24/h5-14,16-17,26H,15,18-19H2,1-4H3,(H,33,37)/t26-/m1/s1. The normalized spacial score (nSPS) is 12.5. The van der Waals surface area contributed by atoms with Crippen LogP contribution < -0.4 is 9.62 Å². The molecule has 0 unspecified atom stereocenters. The van der Waals surface area contributed by atoms with Gasteiger partial charge < -0.3 is 10.2 Å². The summed E-state index contributed by atoms with van der Waals surface area (Å²) >= 11 is 18.7. The van der Waals surface area contributed by atoms with E-state index in [0.29, 0.717) is 20.6 Å². The highest BCUT2D eigenvalue weighted by Crippen LogP contribution is 2.26. The van der Waals surface area contributed by atoms with Crippen LogP contribution in [0.3, 0.4) is 0 Å². The van der Waals surface area contributed by atoms with E-state index in [1.807, 2.05) is 51.1 Å². The number of carbonyl (C=O) groups is 2. The van der Waals surface area contributed by atoms with Crippen LogP contribution >= 0.6 is 34.8 Å². The molecule has 7 nitrogen and oxygen atoms in total. The molecule has 0 radical (unpaired) electrons. The van der Waals surface area contributed by atoms with E-state index in [1.165, 1.54) is 11.0 Å². The molecule has 0 spiro atoms. The summed E-state index contributed by atoms with van der Waals surface area (Å²) in [6.45, 7) is 4.92. The molecule has 0 fully saturated rings. The summed E-state index contributed by atoms with van der Waals surface area (Å²) in [5, 5.41) is 4.02. The first-order valence-corrected chi connectivity index (χ1v) is 15.4. The molecule has 214 valence electrons. The number of rotatable bonds is 10. The monoisotopic (exact) mass is 623 g/mol. The summed E-state index contributed by atoms with van der Waals surface area (Å²) in [4.78, 5) is 29.2. The maximum atomic E-state index is 14.1. The van der Waals surface area contributed by atoms with E-state index in [1.54, 1.807) is 36.4 Å². The third-order valence-corrected chi connectivity index (χ3v) is 7.86. The number of anilines is 1. The number of hydrogen-bond donors (Lipinski definition) is 1. The fraction of sp³-hybridized carbons (Fsp3) is 0.310. The van der Waals surface area contributed by atoms with Crippen LogP contribution in [0.15, 0.2) is 72.8 Å². The summed E-state index contributed by atoms with van der Waals surface area (Å²) in [7, 11) is -3.90. The number of hydrogen-bond acceptors (Lipinski definition) is 4. The van der Waals surface area contributed by atoms with Gasteiger partial charge in [0.2, 0.25) is 21.8 Å². The minimum absolute atomic E-state index is 0.0585. The zero-order chi connectivity index (χ0) is 29.7. The Balaban J connectivity index is 2.10. The van der Waals surface area contributed by atoms with Gasteiger partial charge in [-0.2, -0.15) is 0 Å². The molecule has 3 aromatic rings. The summed E-state index contributed by atoms with van der Waals surface area (Å²) in [5.41, 5.74) is 1.02. The van der Waals surface area contributed by atoms with Crippen molar-refractivity contribution in [1.29, 1.82) is 0 Å². The maximum Gasteiger partial charge on any atom is 0.244 e. The molecule has 1 N–H and O–H groups in total. The van der Waals surface area contributed by atoms with Crippen LogP contribution in [-0.2, 0) is 32.6 Å². The highest BCUT2D eigenvalue weighted by molar-refractivity contribution is 7.92. The molecule has 2 amide bonds. The van der Waals surface area contributed by atoms with Crippen molar-refractivity contribution in [3.8, 4) is 0 Å². The van der Waals surface area contributed by atoms with Crippen LogP contribution in [0, 0.1) is 0 Å². The van der Waals surface area contributed by atoms with E-state index in [9.17, 15) is 18.0 Å². The van der Waals surface area contributed by atoms with Crippen molar-refractivity contribution in [2.24, 2.45) is 0 Å². The molecule has 0 aliphatic heterocycles. The predicted molar refractivity (Wildman–Crippen MR) is 162 cm³/mol. The summed E-state index contributed by atoms with van der Waals surface area (Å²) in [6.07, 6.45) is 1.20. The lowest BCUT2D eigenvalue weighted by atomic mass is 10.0. The Kier molecular flexibility index (Phi) is 10.5. The molecule has 0 aliphatic rings. The van der Waals surface area contributed by atoms with Gasteiger partial charge in [0.25, 0.3) is 0 Å². The molecular formula is C29H32Cl3N3O4S. The molecule has 0 saturated heterocycles. The molecule has 1 atom stereocenters. The predicted octanol–water partition coefficient (Wildman–Crippen LogP) is 5.97. The Morgan fingerprint density at radius 2 is 1.55 bits per heavy atom. The van der Waals surface area contributed by atoms with Crippen LogP contribution in [0.4, 0.5) is 5.69 Å². The molecule has 0 heterocycles. The fourth-order valence-electron chi connectivity index (χ4n) is 4.09. The fourth-order valence-corrected chi connectivity index (χ4v) is 5.58. The highest BCUT2D eigenvalue weighted by Gasteiger charge is 2.34. The summed E-state index contributed by atoms with van der Waals surface area (Å²) < 4.78 is 26.6. The van der Waals surface area contributed by atoms with Gasteiger partial charge in [-0.25, -0.2) is 8.42 Å². The van der Waals surface area contributed by atoms with Crippen LogP contribution in [0.1, 0.15) is 31.9 Å². The van der Waals surface area contributed by atoms with Crippen molar-refractivity contribution >= 4 is 62.3 Å². The minimum Gasteiger partial charge on any atom is -0.350 e. The maximum absolute atomic E-state index is 14.1. The SMILES string of the molecule is CC(C)(C)NC(=O)[C@@H](Cc1ccccc1)N(Cc1ccc(Cl)cc1Cl)C(=O)CN(c1cccc(Cl)c1)S(C)(=O)=O. The average Bonchev–Trinajstić information content (AvgIpc) is 2.84. The molecule has 3 rings (SSSR count). The highest BCUT2D eigenvalue weighted by atomic mass is 35.5. The number of nitrogens with zero attached hydrogens (tertiary/aromatic N) is 2. The van der Waals surface area contributed by atoms with Gasteiger partial charge in [0.05, 0.1) is 11.9 Å². The topological polar surface area (TPSA) is 86.8 Å². The van der Waals surface area contributed by atoms with Crippen molar-refractivity contribution in [1.82, 2.24) is 10.2 Å². The second-order valence-corrected chi connectivity index (χ2v) is 13.6. The first-order valence-electron chi connectivity index (χ1n) is 12.5. The average molecular weight is 625 g/mol. The number of amides is 2. The van der Waals surface area contributed by atoms with Crippen LogP contribution in [-0.4, -0.2) is 49.5 Å². The molecule has 0 aliphatic carbocycles. The van der Waals surface area contributed by atoms with Gasteiger partial charge in [-0.3, -0.25) is 13.9 Å². The van der Waals surface area contributed by atoms with Crippen LogP contribution in [0.5, 0.6) is 0 Å². The van der Waals surface area contributed by atoms with E-state index in [2.05, 4.69) is 5.32 Å². The Labute approximate surface area is 251 Å². The molecule has 0 aromatic heterocycles. The lowest BCUT2D eigenvalue weighted by molar-refractivity contribution is -0.140. The van der Waals surface area contributed by atoms with Crippen molar-refractivity contribution in [2.75, 3.05) is 17.1 Å². The van der Waals surface area contributed by atoms with Gasteiger partial charge in [0.15, 0.2) is 0 Å².